The molecule has 10 heteroatoms. The second-order valence-electron chi connectivity index (χ2n) is 9.66. The predicted molar refractivity (Wildman–Crippen MR) is 131 cm³/mol. The van der Waals surface area contributed by atoms with Crippen molar-refractivity contribution >= 4 is 22.1 Å². The second-order valence-corrected chi connectivity index (χ2v) is 11.6. The Balaban J connectivity index is 1.81. The molecule has 1 unspecified atom stereocenters. The third-order valence-electron chi connectivity index (χ3n) is 5.72. The van der Waals surface area contributed by atoms with Gasteiger partial charge in [0.15, 0.2) is 0 Å². The molecule has 0 saturated carbocycles. The first-order valence-corrected chi connectivity index (χ1v) is 13.2. The highest BCUT2D eigenvalue weighted by atomic mass is 32.2. The van der Waals surface area contributed by atoms with Gasteiger partial charge in [0, 0.05) is 44.1 Å². The van der Waals surface area contributed by atoms with E-state index >= 15 is 0 Å². The molecule has 9 nitrogen and oxygen atoms in total. The van der Waals surface area contributed by atoms with Crippen LogP contribution in [0.15, 0.2) is 47.5 Å². The normalized spacial score (nSPS) is 17.8. The molecule has 1 fully saturated rings. The van der Waals surface area contributed by atoms with Crippen LogP contribution in [-0.2, 0) is 30.8 Å². The van der Waals surface area contributed by atoms with Gasteiger partial charge in [0.1, 0.15) is 5.60 Å². The van der Waals surface area contributed by atoms with Crippen molar-refractivity contribution in [2.24, 2.45) is 0 Å². The smallest absolute Gasteiger partial charge is 0.418 e. The van der Waals surface area contributed by atoms with Crippen LogP contribution in [-0.4, -0.2) is 72.1 Å². The van der Waals surface area contributed by atoms with Crippen molar-refractivity contribution in [1.29, 1.82) is 0 Å². The first-order chi connectivity index (χ1) is 16.4. The average Bonchev–Trinajstić information content (AvgIpc) is 3.22. The maximum atomic E-state index is 13.3. The van der Waals surface area contributed by atoms with E-state index in [2.05, 4.69) is 0 Å². The van der Waals surface area contributed by atoms with Crippen molar-refractivity contribution in [3.8, 4) is 0 Å². The maximum absolute atomic E-state index is 13.3. The first kappa shape index (κ1) is 26.9. The van der Waals surface area contributed by atoms with Crippen LogP contribution >= 0.6 is 0 Å². The molecule has 1 atom stereocenters. The zero-order chi connectivity index (χ0) is 25.8. The summed E-state index contributed by atoms with van der Waals surface area (Å²) in [5.74, 6) is -0.389. The Hall–Kier alpha value is -2.69. The van der Waals surface area contributed by atoms with Crippen molar-refractivity contribution in [2.45, 2.75) is 64.1 Å². The monoisotopic (exact) mass is 505 g/mol. The molecule has 0 spiro atoms. The van der Waals surface area contributed by atoms with Gasteiger partial charge in [0.2, 0.25) is 10.0 Å². The summed E-state index contributed by atoms with van der Waals surface area (Å²) < 4.78 is 40.1. The van der Waals surface area contributed by atoms with Crippen molar-refractivity contribution in [2.75, 3.05) is 26.2 Å². The largest absolute Gasteiger partial charge is 0.466 e. The van der Waals surface area contributed by atoms with Gasteiger partial charge in [-0.25, -0.2) is 13.2 Å². The molecule has 0 amide bonds. The number of nitrogens with zero attached hydrogens (tertiary/aromatic N) is 3. The number of aryl methyl sites for hydroxylation is 1. The molecule has 1 aromatic heterocycles. The van der Waals surface area contributed by atoms with E-state index < -0.39 is 27.8 Å². The summed E-state index contributed by atoms with van der Waals surface area (Å²) in [7, 11) is -3.71. The summed E-state index contributed by atoms with van der Waals surface area (Å²) in [6.45, 7) is 10.5. The Labute approximate surface area is 207 Å². The molecule has 1 saturated heterocycles. The molecule has 192 valence electrons. The molecule has 2 aromatic rings. The van der Waals surface area contributed by atoms with E-state index in [1.54, 1.807) is 64.2 Å². The lowest BCUT2D eigenvalue weighted by Crippen LogP contribution is -2.55. The number of piperazine rings is 1. The number of aromatic nitrogens is 1. The summed E-state index contributed by atoms with van der Waals surface area (Å²) in [5.41, 5.74) is 1.03. The number of carbonyl (C=O) groups is 2. The molecular weight excluding hydrogens is 470 g/mol. The third kappa shape index (κ3) is 6.93. The molecule has 0 radical (unpaired) electrons. The number of esters is 1. The minimum Gasteiger partial charge on any atom is -0.466 e. The van der Waals surface area contributed by atoms with E-state index in [9.17, 15) is 18.0 Å². The fraction of sp³-hybridized carbons (Fsp3) is 0.520. The zero-order valence-corrected chi connectivity index (χ0v) is 21.9. The molecule has 0 aliphatic carbocycles. The van der Waals surface area contributed by atoms with Crippen molar-refractivity contribution in [3.63, 3.8) is 0 Å². The Bertz CT molecular complexity index is 1130. The van der Waals surface area contributed by atoms with Crippen molar-refractivity contribution in [1.82, 2.24) is 13.8 Å². The quantitative estimate of drug-likeness (QED) is 0.532. The molecule has 3 rings (SSSR count). The van der Waals surface area contributed by atoms with Crippen molar-refractivity contribution in [3.05, 3.63) is 53.9 Å². The van der Waals surface area contributed by atoms with Gasteiger partial charge in [-0.2, -0.15) is 4.31 Å². The van der Waals surface area contributed by atoms with Gasteiger partial charge in [0.05, 0.1) is 17.9 Å². The maximum Gasteiger partial charge on any atom is 0.418 e. The molecule has 35 heavy (non-hydrogen) atoms. The molecular formula is C25H35N3O6S. The van der Waals surface area contributed by atoms with Crippen LogP contribution in [0.1, 0.15) is 45.4 Å². The fourth-order valence-corrected chi connectivity index (χ4v) is 5.47. The molecule has 1 aliphatic heterocycles. The summed E-state index contributed by atoms with van der Waals surface area (Å²) in [4.78, 5) is 27.3. The zero-order valence-electron chi connectivity index (χ0n) is 21.1. The van der Waals surface area contributed by atoms with Crippen LogP contribution in [0.4, 0.5) is 4.79 Å². The van der Waals surface area contributed by atoms with E-state index in [0.717, 1.165) is 5.56 Å². The number of benzene rings is 1. The molecule has 1 aliphatic rings. The van der Waals surface area contributed by atoms with Gasteiger partial charge in [0.25, 0.3) is 0 Å². The highest BCUT2D eigenvalue weighted by Crippen LogP contribution is 2.24. The first-order valence-electron chi connectivity index (χ1n) is 11.8. The highest BCUT2D eigenvalue weighted by Gasteiger charge is 2.36. The topological polar surface area (TPSA) is 98.1 Å². The lowest BCUT2D eigenvalue weighted by Gasteiger charge is -2.40. The summed E-state index contributed by atoms with van der Waals surface area (Å²) in [6.07, 6.45) is 1.20. The number of hydrogen-bond donors (Lipinski definition) is 0. The lowest BCUT2D eigenvalue weighted by molar-refractivity contribution is -0.145. The van der Waals surface area contributed by atoms with Crippen LogP contribution in [0.3, 0.4) is 0 Å². The standard InChI is InChI=1S/C25H35N3O6S/c1-6-33-23(29)16-21-18-27(35(31,32)22-11-9-19(2)10-12-22)15-14-26(21)17-20-8-7-13-28(20)24(30)34-25(3,4)5/h7-13,21H,6,14-18H2,1-5H3. The van der Waals surface area contributed by atoms with E-state index in [1.165, 1.54) is 8.87 Å². The number of rotatable bonds is 7. The minimum absolute atomic E-state index is 0.0426. The van der Waals surface area contributed by atoms with Gasteiger partial charge >= 0.3 is 12.1 Å². The fourth-order valence-electron chi connectivity index (χ4n) is 4.00. The van der Waals surface area contributed by atoms with Crippen LogP contribution in [0, 0.1) is 6.92 Å². The summed E-state index contributed by atoms with van der Waals surface area (Å²) >= 11 is 0. The Morgan fingerprint density at radius 2 is 1.77 bits per heavy atom. The average molecular weight is 506 g/mol. The molecule has 0 bridgehead atoms. The van der Waals surface area contributed by atoms with E-state index in [4.69, 9.17) is 9.47 Å². The summed E-state index contributed by atoms with van der Waals surface area (Å²) in [6, 6.07) is 9.91. The Morgan fingerprint density at radius 1 is 1.09 bits per heavy atom. The van der Waals surface area contributed by atoms with Crippen molar-refractivity contribution < 1.29 is 27.5 Å². The SMILES string of the molecule is CCOC(=O)CC1CN(S(=O)(=O)c2ccc(C)cc2)CCN1Cc1cccn1C(=O)OC(C)(C)C. The second kappa shape index (κ2) is 10.9. The summed E-state index contributed by atoms with van der Waals surface area (Å²) in [5, 5.41) is 0. The number of sulfonamides is 1. The Morgan fingerprint density at radius 3 is 2.40 bits per heavy atom. The molecule has 0 N–H and O–H groups in total. The van der Waals surface area contributed by atoms with Gasteiger partial charge in [-0.15, -0.1) is 0 Å². The number of ether oxygens (including phenoxy) is 2. The van der Waals surface area contributed by atoms with Gasteiger partial charge in [-0.1, -0.05) is 17.7 Å². The number of hydrogen-bond acceptors (Lipinski definition) is 7. The van der Waals surface area contributed by atoms with Crippen LogP contribution < -0.4 is 0 Å². The van der Waals surface area contributed by atoms with Gasteiger partial charge in [-0.05, 0) is 58.9 Å². The molecule has 1 aromatic carbocycles. The van der Waals surface area contributed by atoms with Crippen LogP contribution in [0.25, 0.3) is 0 Å². The molecule has 2 heterocycles. The van der Waals surface area contributed by atoms with E-state index in [0.29, 0.717) is 18.8 Å². The van der Waals surface area contributed by atoms with E-state index in [1.807, 2.05) is 17.9 Å². The predicted octanol–water partition coefficient (Wildman–Crippen LogP) is 3.41. The lowest BCUT2D eigenvalue weighted by atomic mass is 10.1. The van der Waals surface area contributed by atoms with Crippen LogP contribution in [0.2, 0.25) is 0 Å². The Kier molecular flexibility index (Phi) is 8.40. The third-order valence-corrected chi connectivity index (χ3v) is 7.60. The highest BCUT2D eigenvalue weighted by molar-refractivity contribution is 7.89. The van der Waals surface area contributed by atoms with E-state index in [-0.39, 0.29) is 37.0 Å². The van der Waals surface area contributed by atoms with Gasteiger partial charge < -0.3 is 9.47 Å². The minimum atomic E-state index is -3.71. The van der Waals surface area contributed by atoms with Crippen LogP contribution in [0.5, 0.6) is 0 Å². The number of carbonyl (C=O) groups excluding carboxylic acids is 2. The van der Waals surface area contributed by atoms with Gasteiger partial charge in [-0.3, -0.25) is 14.3 Å².